The van der Waals surface area contributed by atoms with Crippen LogP contribution in [0.4, 0.5) is 25.0 Å². The number of halogens is 2. The third kappa shape index (κ3) is 5.43. The van der Waals surface area contributed by atoms with Crippen molar-refractivity contribution in [1.29, 1.82) is 0 Å². The van der Waals surface area contributed by atoms with Crippen molar-refractivity contribution >= 4 is 40.6 Å². The van der Waals surface area contributed by atoms with Crippen LogP contribution in [0.1, 0.15) is 17.3 Å². The fourth-order valence-corrected chi connectivity index (χ4v) is 4.01. The van der Waals surface area contributed by atoms with Gasteiger partial charge < -0.3 is 20.1 Å². The molecule has 2 heterocycles. The number of carbonyl (C=O) groups is 2. The largest absolute Gasteiger partial charge is 0.507 e. The van der Waals surface area contributed by atoms with Crippen LogP contribution >= 0.6 is 12.2 Å². The van der Waals surface area contributed by atoms with Crippen molar-refractivity contribution in [3.8, 4) is 5.75 Å². The Morgan fingerprint density at radius 3 is 2.60 bits per heavy atom. The molecule has 2 aliphatic rings. The van der Waals surface area contributed by atoms with Gasteiger partial charge in [-0.15, -0.1) is 0 Å². The molecule has 2 N–H and O–H groups in total. The zero-order chi connectivity index (χ0) is 25.1. The first-order valence-corrected chi connectivity index (χ1v) is 11.3. The molecule has 4 rings (SSSR count). The van der Waals surface area contributed by atoms with Crippen molar-refractivity contribution in [2.75, 3.05) is 49.1 Å². The van der Waals surface area contributed by atoms with Gasteiger partial charge in [-0.2, -0.15) is 0 Å². The third-order valence-corrected chi connectivity index (χ3v) is 5.77. The molecular weight excluding hydrogens is 482 g/mol. The van der Waals surface area contributed by atoms with E-state index in [1.807, 2.05) is 0 Å². The molecular formula is C23H24F2N4O5S. The van der Waals surface area contributed by atoms with E-state index in [0.29, 0.717) is 11.5 Å². The van der Waals surface area contributed by atoms with Gasteiger partial charge in [-0.25, -0.2) is 18.6 Å². The number of aromatic hydroxyl groups is 1. The van der Waals surface area contributed by atoms with Gasteiger partial charge in [-0.1, -0.05) is 24.4 Å². The Kier molecular flexibility index (Phi) is 7.31. The summed E-state index contributed by atoms with van der Waals surface area (Å²) in [5.41, 5.74) is -0.177. The summed E-state index contributed by atoms with van der Waals surface area (Å²) < 4.78 is 35.4. The lowest BCUT2D eigenvalue weighted by atomic mass is 10.2. The van der Waals surface area contributed by atoms with Crippen LogP contribution in [-0.4, -0.2) is 72.6 Å². The van der Waals surface area contributed by atoms with E-state index in [2.05, 4.69) is 5.32 Å². The summed E-state index contributed by atoms with van der Waals surface area (Å²) >= 11 is 4.94. The molecule has 12 heteroatoms. The number of carbonyl (C=O) groups excluding carboxylic acids is 2. The Hall–Kier alpha value is -3.51. The number of benzene rings is 2. The minimum absolute atomic E-state index is 0.00755. The first-order valence-electron chi connectivity index (χ1n) is 10.9. The quantitative estimate of drug-likeness (QED) is 0.598. The Morgan fingerprint density at radius 2 is 1.91 bits per heavy atom. The van der Waals surface area contributed by atoms with Crippen molar-refractivity contribution in [3.63, 3.8) is 0 Å². The van der Waals surface area contributed by atoms with Gasteiger partial charge >= 0.3 is 6.09 Å². The van der Waals surface area contributed by atoms with Gasteiger partial charge in [-0.05, 0) is 19.1 Å². The normalized spacial score (nSPS) is 18.3. The zero-order valence-electron chi connectivity index (χ0n) is 18.9. The van der Waals surface area contributed by atoms with Crippen molar-refractivity contribution in [2.45, 2.75) is 13.0 Å². The van der Waals surface area contributed by atoms with E-state index in [4.69, 9.17) is 21.8 Å². The molecule has 2 saturated heterocycles. The zero-order valence-corrected chi connectivity index (χ0v) is 19.7. The van der Waals surface area contributed by atoms with Crippen molar-refractivity contribution in [3.05, 3.63) is 53.6 Å². The molecule has 2 aromatic rings. The van der Waals surface area contributed by atoms with Crippen LogP contribution in [0.2, 0.25) is 0 Å². The van der Waals surface area contributed by atoms with Gasteiger partial charge in [0.2, 0.25) is 0 Å². The van der Waals surface area contributed by atoms with E-state index in [-0.39, 0.29) is 55.5 Å². The first-order chi connectivity index (χ1) is 16.7. The van der Waals surface area contributed by atoms with Gasteiger partial charge in [0.25, 0.3) is 5.91 Å². The summed E-state index contributed by atoms with van der Waals surface area (Å²) in [7, 11) is 0. The molecule has 0 aliphatic carbocycles. The Labute approximate surface area is 205 Å². The average Bonchev–Trinajstić information content (AvgIpc) is 3.02. The molecule has 35 heavy (non-hydrogen) atoms. The highest BCUT2D eigenvalue weighted by Gasteiger charge is 2.34. The minimum Gasteiger partial charge on any atom is -0.507 e. The second kappa shape index (κ2) is 10.4. The van der Waals surface area contributed by atoms with Gasteiger partial charge in [0.15, 0.2) is 11.6 Å². The number of nitrogens with one attached hydrogen (secondary N) is 1. The fourth-order valence-electron chi connectivity index (χ4n) is 3.93. The van der Waals surface area contributed by atoms with E-state index in [1.54, 1.807) is 19.1 Å². The Balaban J connectivity index is 1.46. The highest BCUT2D eigenvalue weighted by atomic mass is 32.1. The standard InChI is InChI=1S/C23H24F2N4O5S/c1-14(35)26-12-16-13-28(23(32)34-16)15-10-18(24)21(19(25)11-15)27-6-7-29(33-9-8-27)22(31)17-4-2-3-5-20(17)30/h2-5,10-11,16,30H,6-9,12-13H2,1H3,(H,26,35)/t16-/m1/s1. The summed E-state index contributed by atoms with van der Waals surface area (Å²) in [4.78, 5) is 33.6. The molecule has 0 saturated carbocycles. The number of nitrogens with zero attached hydrogens (tertiary/aromatic N) is 3. The average molecular weight is 507 g/mol. The van der Waals surface area contributed by atoms with E-state index in [0.717, 1.165) is 17.2 Å². The number of hydrogen-bond acceptors (Lipinski definition) is 7. The number of phenols is 1. The molecule has 2 aromatic carbocycles. The first kappa shape index (κ1) is 24.6. The van der Waals surface area contributed by atoms with Crippen LogP contribution in [0.15, 0.2) is 36.4 Å². The van der Waals surface area contributed by atoms with Crippen LogP contribution in [-0.2, 0) is 9.57 Å². The number of phenolic OH excluding ortho intramolecular Hbond substituents is 1. The summed E-state index contributed by atoms with van der Waals surface area (Å²) in [6.07, 6.45) is -1.21. The maximum Gasteiger partial charge on any atom is 0.414 e. The molecule has 2 amide bonds. The van der Waals surface area contributed by atoms with E-state index in [1.165, 1.54) is 21.9 Å². The van der Waals surface area contributed by atoms with E-state index < -0.39 is 29.7 Å². The van der Waals surface area contributed by atoms with Crippen LogP contribution < -0.4 is 15.1 Å². The van der Waals surface area contributed by atoms with Crippen molar-refractivity contribution < 1.29 is 33.1 Å². The predicted molar refractivity (Wildman–Crippen MR) is 128 cm³/mol. The van der Waals surface area contributed by atoms with Crippen LogP contribution in [0.5, 0.6) is 5.75 Å². The summed E-state index contributed by atoms with van der Waals surface area (Å²) in [5, 5.41) is 13.9. The Morgan fingerprint density at radius 1 is 1.20 bits per heavy atom. The number of hydroxylamine groups is 2. The van der Waals surface area contributed by atoms with Gasteiger partial charge in [0.1, 0.15) is 17.5 Å². The second-order valence-corrected chi connectivity index (χ2v) is 8.67. The van der Waals surface area contributed by atoms with Gasteiger partial charge in [-0.3, -0.25) is 14.5 Å². The van der Waals surface area contributed by atoms with E-state index >= 15 is 8.78 Å². The minimum atomic E-state index is -0.857. The molecule has 0 unspecified atom stereocenters. The molecule has 0 bridgehead atoms. The number of cyclic esters (lactones) is 1. The molecule has 186 valence electrons. The molecule has 2 fully saturated rings. The lowest BCUT2D eigenvalue weighted by Gasteiger charge is -2.24. The fraction of sp³-hybridized carbons (Fsp3) is 0.348. The molecule has 0 spiro atoms. The number of ether oxygens (including phenoxy) is 1. The number of hydrogen-bond donors (Lipinski definition) is 2. The highest BCUT2D eigenvalue weighted by Crippen LogP contribution is 2.31. The highest BCUT2D eigenvalue weighted by molar-refractivity contribution is 7.80. The topological polar surface area (TPSA) is 94.6 Å². The number of para-hydroxylation sites is 1. The maximum absolute atomic E-state index is 15.1. The number of amides is 2. The van der Waals surface area contributed by atoms with E-state index in [9.17, 15) is 14.7 Å². The lowest BCUT2D eigenvalue weighted by Crippen LogP contribution is -2.35. The summed E-state index contributed by atoms with van der Waals surface area (Å²) in [5.74, 6) is -2.46. The van der Waals surface area contributed by atoms with Crippen molar-refractivity contribution in [1.82, 2.24) is 10.4 Å². The third-order valence-electron chi connectivity index (χ3n) is 5.62. The summed E-state index contributed by atoms with van der Waals surface area (Å²) in [6, 6.07) is 8.20. The van der Waals surface area contributed by atoms with Crippen molar-refractivity contribution in [2.24, 2.45) is 0 Å². The van der Waals surface area contributed by atoms with Gasteiger partial charge in [0.05, 0.1) is 42.5 Å². The lowest BCUT2D eigenvalue weighted by molar-refractivity contribution is -0.111. The number of rotatable bonds is 5. The SMILES string of the molecule is CC(=S)NC[C@@H]1CN(c2cc(F)c(N3CCON(C(=O)c4ccccc4O)CC3)c(F)c2)C(=O)O1. The van der Waals surface area contributed by atoms with Crippen LogP contribution in [0.3, 0.4) is 0 Å². The second-order valence-electron chi connectivity index (χ2n) is 8.06. The number of thiocarbonyl (C=S) groups is 1. The summed E-state index contributed by atoms with van der Waals surface area (Å²) in [6.45, 7) is 2.32. The maximum atomic E-state index is 15.1. The monoisotopic (exact) mass is 506 g/mol. The van der Waals surface area contributed by atoms with Crippen LogP contribution in [0, 0.1) is 11.6 Å². The Bertz CT molecular complexity index is 1130. The smallest absolute Gasteiger partial charge is 0.414 e. The predicted octanol–water partition coefficient (Wildman–Crippen LogP) is 2.83. The number of anilines is 2. The van der Waals surface area contributed by atoms with Crippen LogP contribution in [0.25, 0.3) is 0 Å². The molecule has 0 aromatic heterocycles. The molecule has 1 atom stereocenters. The van der Waals surface area contributed by atoms with Gasteiger partial charge in [0, 0.05) is 25.2 Å². The molecule has 0 radical (unpaired) electrons. The molecule has 9 nitrogen and oxygen atoms in total. The molecule has 2 aliphatic heterocycles.